The van der Waals surface area contributed by atoms with Crippen molar-refractivity contribution in [3.63, 3.8) is 0 Å². The number of aryl methyl sites for hydroxylation is 2. The number of benzene rings is 2. The average Bonchev–Trinajstić information content (AvgIpc) is 3.34. The van der Waals surface area contributed by atoms with E-state index in [4.69, 9.17) is 14.5 Å². The quantitative estimate of drug-likeness (QED) is 0.279. The summed E-state index contributed by atoms with van der Waals surface area (Å²) >= 11 is 0. The highest BCUT2D eigenvalue weighted by molar-refractivity contribution is 5.88. The van der Waals surface area contributed by atoms with Crippen LogP contribution in [-0.4, -0.2) is 54.7 Å². The van der Waals surface area contributed by atoms with Crippen molar-refractivity contribution in [1.82, 2.24) is 29.6 Å². The number of hydrogen-bond acceptors (Lipinski definition) is 8. The van der Waals surface area contributed by atoms with Crippen LogP contribution in [0.4, 0.5) is 11.5 Å². The van der Waals surface area contributed by atoms with Gasteiger partial charge in [0.05, 0.1) is 11.0 Å². The number of piperidine rings is 1. The number of likely N-dealkylation sites (tertiary alicyclic amines) is 1. The second-order valence-electron chi connectivity index (χ2n) is 9.82. The van der Waals surface area contributed by atoms with Gasteiger partial charge in [0.1, 0.15) is 29.4 Å². The number of carbonyl (C=O) groups excluding carboxylic acids is 1. The number of ether oxygens (including phenoxy) is 2. The van der Waals surface area contributed by atoms with Gasteiger partial charge >= 0.3 is 0 Å². The Morgan fingerprint density at radius 1 is 1.07 bits per heavy atom. The van der Waals surface area contributed by atoms with Crippen molar-refractivity contribution < 1.29 is 14.3 Å². The molecule has 1 N–H and O–H groups in total. The first-order valence-electron chi connectivity index (χ1n) is 13.1. The molecule has 5 aromatic rings. The summed E-state index contributed by atoms with van der Waals surface area (Å²) in [5.41, 5.74) is 4.01. The van der Waals surface area contributed by atoms with E-state index < -0.39 is 0 Å². The number of aromatic nitrogens is 5. The van der Waals surface area contributed by atoms with Crippen molar-refractivity contribution in [2.45, 2.75) is 25.9 Å². The smallest absolute Gasteiger partial charge is 0.245 e. The zero-order valence-corrected chi connectivity index (χ0v) is 22.4. The molecule has 0 spiro atoms. The third-order valence-electron chi connectivity index (χ3n) is 6.93. The van der Waals surface area contributed by atoms with E-state index >= 15 is 0 Å². The predicted molar refractivity (Wildman–Crippen MR) is 153 cm³/mol. The summed E-state index contributed by atoms with van der Waals surface area (Å²) in [5, 5.41) is 8.89. The molecule has 0 unspecified atom stereocenters. The number of amides is 1. The van der Waals surface area contributed by atoms with Crippen LogP contribution in [0.15, 0.2) is 73.7 Å². The van der Waals surface area contributed by atoms with Crippen LogP contribution in [0.1, 0.15) is 18.4 Å². The minimum atomic E-state index is -0.0454. The molecule has 2 aromatic carbocycles. The van der Waals surface area contributed by atoms with E-state index in [-0.39, 0.29) is 12.0 Å². The lowest BCUT2D eigenvalue weighted by Gasteiger charge is -2.31. The normalized spacial score (nSPS) is 13.9. The van der Waals surface area contributed by atoms with Gasteiger partial charge in [-0.1, -0.05) is 6.58 Å². The number of nitrogens with zero attached hydrogens (tertiary/aromatic N) is 6. The van der Waals surface area contributed by atoms with Crippen molar-refractivity contribution in [1.29, 1.82) is 0 Å². The number of nitrogens with one attached hydrogen (secondary N) is 1. The van der Waals surface area contributed by atoms with E-state index in [0.29, 0.717) is 35.8 Å². The third-order valence-corrected chi connectivity index (χ3v) is 6.93. The number of anilines is 2. The van der Waals surface area contributed by atoms with Crippen molar-refractivity contribution in [3.8, 4) is 17.4 Å². The lowest BCUT2D eigenvalue weighted by molar-refractivity contribution is -0.127. The van der Waals surface area contributed by atoms with Gasteiger partial charge in [-0.3, -0.25) is 9.48 Å². The molecule has 202 valence electrons. The minimum absolute atomic E-state index is 0.0200. The Morgan fingerprint density at radius 2 is 1.93 bits per heavy atom. The van der Waals surface area contributed by atoms with Gasteiger partial charge in [0.25, 0.3) is 0 Å². The standard InChI is InChI=1S/C30H29N7O3/c1-4-28(38)37-13-11-22(12-14-37)40-27-10-8-24-29(34-27)30(32-18-31-24)33-21-6-9-26(19(2)15-21)39-23-7-5-20-17-36(3)35-25(20)16-23/h4-10,15-18,22H,1,11-14H2,2-3H3,(H,31,32,33). The third kappa shape index (κ3) is 5.28. The lowest BCUT2D eigenvalue weighted by atomic mass is 10.1. The predicted octanol–water partition coefficient (Wildman–Crippen LogP) is 5.31. The van der Waals surface area contributed by atoms with Gasteiger partial charge in [-0.25, -0.2) is 15.0 Å². The molecule has 0 atom stereocenters. The zero-order chi connectivity index (χ0) is 27.6. The molecule has 4 heterocycles. The first-order valence-corrected chi connectivity index (χ1v) is 13.1. The van der Waals surface area contributed by atoms with Gasteiger partial charge in [0, 0.05) is 62.4 Å². The molecular formula is C30H29N7O3. The van der Waals surface area contributed by atoms with Crippen molar-refractivity contribution in [2.24, 2.45) is 7.05 Å². The summed E-state index contributed by atoms with van der Waals surface area (Å²) < 4.78 is 14.1. The van der Waals surface area contributed by atoms with Crippen LogP contribution >= 0.6 is 0 Å². The maximum atomic E-state index is 11.9. The molecule has 3 aromatic heterocycles. The number of carbonyl (C=O) groups is 1. The zero-order valence-electron chi connectivity index (χ0n) is 22.4. The van der Waals surface area contributed by atoms with Gasteiger partial charge < -0.3 is 19.7 Å². The Kier molecular flexibility index (Phi) is 6.73. The van der Waals surface area contributed by atoms with E-state index in [1.807, 2.05) is 68.7 Å². The topological polar surface area (TPSA) is 107 Å². The Bertz CT molecular complexity index is 1720. The first kappa shape index (κ1) is 25.3. The van der Waals surface area contributed by atoms with Crippen LogP contribution in [-0.2, 0) is 11.8 Å². The molecule has 1 saturated heterocycles. The van der Waals surface area contributed by atoms with Gasteiger partial charge in [0.15, 0.2) is 5.82 Å². The Morgan fingerprint density at radius 3 is 2.73 bits per heavy atom. The number of rotatable bonds is 7. The summed E-state index contributed by atoms with van der Waals surface area (Å²) in [5.74, 6) is 2.52. The van der Waals surface area contributed by atoms with Gasteiger partial charge in [0.2, 0.25) is 11.8 Å². The van der Waals surface area contributed by atoms with E-state index in [0.717, 1.165) is 46.5 Å². The van der Waals surface area contributed by atoms with Crippen molar-refractivity contribution in [2.75, 3.05) is 18.4 Å². The molecule has 1 aliphatic heterocycles. The van der Waals surface area contributed by atoms with Gasteiger partial charge in [-0.05, 0) is 55.0 Å². The molecular weight excluding hydrogens is 506 g/mol. The maximum Gasteiger partial charge on any atom is 0.245 e. The molecule has 0 radical (unpaired) electrons. The lowest BCUT2D eigenvalue weighted by Crippen LogP contribution is -2.41. The summed E-state index contributed by atoms with van der Waals surface area (Å²) in [4.78, 5) is 27.2. The molecule has 6 rings (SSSR count). The van der Waals surface area contributed by atoms with Crippen LogP contribution in [0.5, 0.6) is 17.4 Å². The van der Waals surface area contributed by atoms with Crippen LogP contribution in [0.2, 0.25) is 0 Å². The molecule has 0 saturated carbocycles. The van der Waals surface area contributed by atoms with E-state index in [9.17, 15) is 4.79 Å². The Labute approximate surface area is 231 Å². The fourth-order valence-corrected chi connectivity index (χ4v) is 4.86. The second kappa shape index (κ2) is 10.6. The summed E-state index contributed by atoms with van der Waals surface area (Å²) in [7, 11) is 1.90. The van der Waals surface area contributed by atoms with E-state index in [1.165, 1.54) is 12.4 Å². The van der Waals surface area contributed by atoms with Crippen LogP contribution in [0.3, 0.4) is 0 Å². The highest BCUT2D eigenvalue weighted by Gasteiger charge is 2.23. The minimum Gasteiger partial charge on any atom is -0.474 e. The highest BCUT2D eigenvalue weighted by Crippen LogP contribution is 2.31. The molecule has 1 fully saturated rings. The molecule has 0 bridgehead atoms. The van der Waals surface area contributed by atoms with Gasteiger partial charge in [-0.15, -0.1) is 0 Å². The fourth-order valence-electron chi connectivity index (χ4n) is 4.86. The summed E-state index contributed by atoms with van der Waals surface area (Å²) in [6, 6.07) is 15.4. The molecule has 1 aliphatic rings. The van der Waals surface area contributed by atoms with Crippen LogP contribution in [0.25, 0.3) is 21.9 Å². The summed E-state index contributed by atoms with van der Waals surface area (Å²) in [6.45, 7) is 6.83. The Hall–Kier alpha value is -4.99. The maximum absolute atomic E-state index is 11.9. The highest BCUT2D eigenvalue weighted by atomic mass is 16.5. The second-order valence-corrected chi connectivity index (χ2v) is 9.82. The molecule has 1 amide bonds. The monoisotopic (exact) mass is 535 g/mol. The van der Waals surface area contributed by atoms with Crippen LogP contribution in [0, 0.1) is 6.92 Å². The van der Waals surface area contributed by atoms with Crippen molar-refractivity contribution in [3.05, 3.63) is 79.3 Å². The van der Waals surface area contributed by atoms with Crippen molar-refractivity contribution >= 4 is 39.3 Å². The molecule has 10 heteroatoms. The first-order chi connectivity index (χ1) is 19.4. The number of pyridine rings is 1. The number of hydrogen-bond donors (Lipinski definition) is 1. The SMILES string of the molecule is C=CC(=O)N1CCC(Oc2ccc3ncnc(Nc4ccc(Oc5ccc6cn(C)nc6c5)c(C)c4)c3n2)CC1. The number of fused-ring (bicyclic) bond motifs is 2. The largest absolute Gasteiger partial charge is 0.474 e. The molecule has 40 heavy (non-hydrogen) atoms. The molecule has 10 nitrogen and oxygen atoms in total. The van der Waals surface area contributed by atoms with E-state index in [2.05, 4.69) is 27.0 Å². The Balaban J connectivity index is 1.17. The van der Waals surface area contributed by atoms with Crippen LogP contribution < -0.4 is 14.8 Å². The average molecular weight is 536 g/mol. The van der Waals surface area contributed by atoms with E-state index in [1.54, 1.807) is 9.58 Å². The summed E-state index contributed by atoms with van der Waals surface area (Å²) in [6.07, 6.45) is 6.29. The molecule has 0 aliphatic carbocycles. The van der Waals surface area contributed by atoms with Gasteiger partial charge in [-0.2, -0.15) is 5.10 Å². The fraction of sp³-hybridized carbons (Fsp3) is 0.233.